The van der Waals surface area contributed by atoms with Crippen LogP contribution >= 0.6 is 0 Å². The van der Waals surface area contributed by atoms with Crippen molar-refractivity contribution in [3.63, 3.8) is 0 Å². The average Bonchev–Trinajstić information content (AvgIpc) is 3.13. The molecule has 1 aliphatic heterocycles. The molecule has 1 saturated carbocycles. The fourth-order valence-corrected chi connectivity index (χ4v) is 3.92. The van der Waals surface area contributed by atoms with Gasteiger partial charge in [0.15, 0.2) is 0 Å². The van der Waals surface area contributed by atoms with Gasteiger partial charge in [-0.25, -0.2) is 9.59 Å². The first-order valence-corrected chi connectivity index (χ1v) is 9.10. The molecule has 2 N–H and O–H groups in total. The lowest BCUT2D eigenvalue weighted by atomic mass is 9.91. The fraction of sp³-hybridized carbons (Fsp3) is 0.333. The topological polar surface area (TPSA) is 67.4 Å². The van der Waals surface area contributed by atoms with E-state index >= 15 is 0 Å². The van der Waals surface area contributed by atoms with Crippen LogP contribution < -0.4 is 10.6 Å². The monoisotopic (exact) mass is 350 g/mol. The molecule has 2 aromatic rings. The molecule has 0 radical (unpaired) electrons. The van der Waals surface area contributed by atoms with Crippen LogP contribution in [0.25, 0.3) is 10.8 Å². The summed E-state index contributed by atoms with van der Waals surface area (Å²) in [6.45, 7) is 1.75. The Morgan fingerprint density at radius 1 is 1.08 bits per heavy atom. The van der Waals surface area contributed by atoms with E-state index in [1.54, 1.807) is 6.92 Å². The highest BCUT2D eigenvalue weighted by Gasteiger charge is 2.34. The second kappa shape index (κ2) is 6.83. The third-order valence-corrected chi connectivity index (χ3v) is 5.20. The Morgan fingerprint density at radius 2 is 1.81 bits per heavy atom. The van der Waals surface area contributed by atoms with Crippen LogP contribution in [-0.4, -0.2) is 18.1 Å². The summed E-state index contributed by atoms with van der Waals surface area (Å²) >= 11 is 0. The van der Waals surface area contributed by atoms with Gasteiger partial charge in [-0.05, 0) is 48.9 Å². The van der Waals surface area contributed by atoms with Crippen LogP contribution in [0.2, 0.25) is 0 Å². The van der Waals surface area contributed by atoms with Crippen molar-refractivity contribution in [3.8, 4) is 0 Å². The summed E-state index contributed by atoms with van der Waals surface area (Å²) in [6, 6.07) is 13.1. The zero-order valence-electron chi connectivity index (χ0n) is 14.7. The van der Waals surface area contributed by atoms with E-state index in [9.17, 15) is 9.59 Å². The van der Waals surface area contributed by atoms with Gasteiger partial charge in [0.05, 0.1) is 11.6 Å². The van der Waals surface area contributed by atoms with Gasteiger partial charge in [-0.2, -0.15) is 0 Å². The highest BCUT2D eigenvalue weighted by atomic mass is 16.5. The molecule has 1 atom stereocenters. The van der Waals surface area contributed by atoms with Crippen LogP contribution in [-0.2, 0) is 9.53 Å². The van der Waals surface area contributed by atoms with Gasteiger partial charge in [-0.1, -0.05) is 42.5 Å². The average molecular weight is 350 g/mol. The van der Waals surface area contributed by atoms with Crippen molar-refractivity contribution in [1.82, 2.24) is 10.6 Å². The SMILES string of the molecule is CC1=C(C(=O)OC2CCCC2)[C@@H](c2cccc3ccccc23)NC(=O)N1. The molecular formula is C21H22N2O3. The van der Waals surface area contributed by atoms with Gasteiger partial charge in [0, 0.05) is 5.70 Å². The lowest BCUT2D eigenvalue weighted by molar-refractivity contribution is -0.144. The first-order chi connectivity index (χ1) is 12.6. The van der Waals surface area contributed by atoms with Crippen LogP contribution in [0.3, 0.4) is 0 Å². The Kier molecular flexibility index (Phi) is 4.37. The molecule has 2 amide bonds. The van der Waals surface area contributed by atoms with Crippen LogP contribution in [0.4, 0.5) is 4.79 Å². The summed E-state index contributed by atoms with van der Waals surface area (Å²) in [7, 11) is 0. The van der Waals surface area contributed by atoms with Crippen molar-refractivity contribution in [3.05, 3.63) is 59.3 Å². The minimum Gasteiger partial charge on any atom is -0.459 e. The molecule has 1 heterocycles. The number of carbonyl (C=O) groups is 2. The van der Waals surface area contributed by atoms with Crippen LogP contribution in [0.15, 0.2) is 53.7 Å². The molecular weight excluding hydrogens is 328 g/mol. The molecule has 5 heteroatoms. The number of rotatable bonds is 3. The largest absolute Gasteiger partial charge is 0.459 e. The van der Waals surface area contributed by atoms with Crippen molar-refractivity contribution >= 4 is 22.8 Å². The van der Waals surface area contributed by atoms with Gasteiger partial charge in [0.25, 0.3) is 0 Å². The predicted molar refractivity (Wildman–Crippen MR) is 99.4 cm³/mol. The van der Waals surface area contributed by atoms with E-state index < -0.39 is 6.04 Å². The molecule has 0 aromatic heterocycles. The number of fused-ring (bicyclic) bond motifs is 1. The van der Waals surface area contributed by atoms with Gasteiger partial charge >= 0.3 is 12.0 Å². The van der Waals surface area contributed by atoms with E-state index in [1.165, 1.54) is 0 Å². The Morgan fingerprint density at radius 3 is 2.62 bits per heavy atom. The number of benzene rings is 2. The van der Waals surface area contributed by atoms with Crippen molar-refractivity contribution in [1.29, 1.82) is 0 Å². The molecule has 0 unspecified atom stereocenters. The summed E-state index contributed by atoms with van der Waals surface area (Å²) in [4.78, 5) is 25.0. The second-order valence-corrected chi connectivity index (χ2v) is 6.95. The molecule has 5 nitrogen and oxygen atoms in total. The zero-order chi connectivity index (χ0) is 18.1. The number of esters is 1. The Balaban J connectivity index is 1.75. The summed E-state index contributed by atoms with van der Waals surface area (Å²) in [6.07, 6.45) is 4.00. The maximum atomic E-state index is 12.9. The molecule has 0 bridgehead atoms. The zero-order valence-corrected chi connectivity index (χ0v) is 14.7. The summed E-state index contributed by atoms with van der Waals surface area (Å²) in [5, 5.41) is 7.70. The van der Waals surface area contributed by atoms with Gasteiger partial charge in [-0.3, -0.25) is 0 Å². The first-order valence-electron chi connectivity index (χ1n) is 9.10. The van der Waals surface area contributed by atoms with Crippen LogP contribution in [0, 0.1) is 0 Å². The molecule has 2 aromatic carbocycles. The van der Waals surface area contributed by atoms with Crippen LogP contribution in [0.5, 0.6) is 0 Å². The molecule has 1 aliphatic carbocycles. The third-order valence-electron chi connectivity index (χ3n) is 5.20. The minimum absolute atomic E-state index is 0.0198. The summed E-state index contributed by atoms with van der Waals surface area (Å²) < 4.78 is 5.73. The van der Waals surface area contributed by atoms with E-state index in [1.807, 2.05) is 42.5 Å². The van der Waals surface area contributed by atoms with Crippen molar-refractivity contribution in [2.75, 3.05) is 0 Å². The number of allylic oxidation sites excluding steroid dienone is 1. The Hall–Kier alpha value is -2.82. The Labute approximate surface area is 152 Å². The maximum Gasteiger partial charge on any atom is 0.338 e. The number of hydrogen-bond acceptors (Lipinski definition) is 3. The van der Waals surface area contributed by atoms with E-state index in [2.05, 4.69) is 10.6 Å². The van der Waals surface area contributed by atoms with E-state index in [0.717, 1.165) is 42.0 Å². The second-order valence-electron chi connectivity index (χ2n) is 6.95. The quantitative estimate of drug-likeness (QED) is 0.824. The van der Waals surface area contributed by atoms with E-state index in [-0.39, 0.29) is 18.1 Å². The number of amides is 2. The molecule has 4 rings (SSSR count). The summed E-state index contributed by atoms with van der Waals surface area (Å²) in [5.41, 5.74) is 1.93. The van der Waals surface area contributed by atoms with E-state index in [4.69, 9.17) is 4.74 Å². The van der Waals surface area contributed by atoms with Crippen molar-refractivity contribution in [2.45, 2.75) is 44.8 Å². The van der Waals surface area contributed by atoms with Gasteiger partial charge in [-0.15, -0.1) is 0 Å². The molecule has 134 valence electrons. The third kappa shape index (κ3) is 3.05. The van der Waals surface area contributed by atoms with Gasteiger partial charge in [0.1, 0.15) is 6.10 Å². The van der Waals surface area contributed by atoms with E-state index in [0.29, 0.717) is 11.3 Å². The van der Waals surface area contributed by atoms with Gasteiger partial charge in [0.2, 0.25) is 0 Å². The standard InChI is InChI=1S/C21H22N2O3/c1-13-18(20(24)26-15-9-3-4-10-15)19(23-21(25)22-13)17-12-6-8-14-7-2-5-11-16(14)17/h2,5-8,11-12,15,19H,3-4,9-10H2,1H3,(H2,22,23,25)/t19-/m1/s1. The maximum absolute atomic E-state index is 12.9. The number of carbonyl (C=O) groups excluding carboxylic acids is 2. The highest BCUT2D eigenvalue weighted by Crippen LogP contribution is 2.33. The smallest absolute Gasteiger partial charge is 0.338 e. The molecule has 26 heavy (non-hydrogen) atoms. The number of nitrogens with one attached hydrogen (secondary N) is 2. The predicted octanol–water partition coefficient (Wildman–Crippen LogP) is 3.95. The first kappa shape index (κ1) is 16.6. The molecule has 0 spiro atoms. The fourth-order valence-electron chi connectivity index (χ4n) is 3.92. The van der Waals surface area contributed by atoms with Gasteiger partial charge < -0.3 is 15.4 Å². The van der Waals surface area contributed by atoms with Crippen molar-refractivity contribution < 1.29 is 14.3 Å². The number of urea groups is 1. The molecule has 1 fully saturated rings. The highest BCUT2D eigenvalue weighted by molar-refractivity contribution is 5.97. The summed E-state index contributed by atoms with van der Waals surface area (Å²) in [5.74, 6) is -0.347. The molecule has 2 aliphatic rings. The normalized spacial score (nSPS) is 20.8. The lowest BCUT2D eigenvalue weighted by Gasteiger charge is -2.29. The van der Waals surface area contributed by atoms with Crippen LogP contribution in [0.1, 0.15) is 44.2 Å². The minimum atomic E-state index is -0.524. The molecule has 0 saturated heterocycles. The number of ether oxygens (including phenoxy) is 1. The number of hydrogen-bond donors (Lipinski definition) is 2. The Bertz CT molecular complexity index is 892. The lowest BCUT2D eigenvalue weighted by Crippen LogP contribution is -2.45. The van der Waals surface area contributed by atoms with Crippen molar-refractivity contribution in [2.24, 2.45) is 0 Å².